The van der Waals surface area contributed by atoms with Crippen LogP contribution >= 0.6 is 45.2 Å². The monoisotopic (exact) mass is 650 g/mol. The minimum absolute atomic E-state index is 0.131. The summed E-state index contributed by atoms with van der Waals surface area (Å²) in [6.45, 7) is 0.498. The Bertz CT molecular complexity index is 1120. The van der Waals surface area contributed by atoms with E-state index >= 15 is 0 Å². The lowest BCUT2D eigenvalue weighted by Gasteiger charge is -2.37. The predicted molar refractivity (Wildman–Crippen MR) is 137 cm³/mol. The Morgan fingerprint density at radius 3 is 2.16 bits per heavy atom. The fourth-order valence-corrected chi connectivity index (χ4v) is 7.83. The van der Waals surface area contributed by atoms with Gasteiger partial charge in [0.05, 0.1) is 25.2 Å². The van der Waals surface area contributed by atoms with Crippen LogP contribution in [0.3, 0.4) is 0 Å². The van der Waals surface area contributed by atoms with Gasteiger partial charge in [0.2, 0.25) is 0 Å². The molecule has 2 amide bonds. The lowest BCUT2D eigenvalue weighted by Crippen LogP contribution is -2.40. The third kappa shape index (κ3) is 3.34. The number of halogens is 2. The van der Waals surface area contributed by atoms with Crippen LogP contribution in [0.4, 0.5) is 0 Å². The molecule has 0 aromatic heterocycles. The molecule has 0 N–H and O–H groups in total. The van der Waals surface area contributed by atoms with Gasteiger partial charge < -0.3 is 4.74 Å². The van der Waals surface area contributed by atoms with Crippen molar-refractivity contribution in [3.8, 4) is 5.75 Å². The molecule has 2 saturated carbocycles. The van der Waals surface area contributed by atoms with Gasteiger partial charge in [-0.3, -0.25) is 9.59 Å². The lowest BCUT2D eigenvalue weighted by molar-refractivity contribution is -0.140. The van der Waals surface area contributed by atoms with E-state index in [2.05, 4.69) is 62.4 Å². The summed E-state index contributed by atoms with van der Waals surface area (Å²) >= 11 is 4.50. The second kappa shape index (κ2) is 7.93. The first kappa shape index (κ1) is 20.8. The van der Waals surface area contributed by atoms with Crippen molar-refractivity contribution in [2.45, 2.75) is 13.0 Å². The average molecular weight is 650 g/mol. The summed E-state index contributed by atoms with van der Waals surface area (Å²) in [6, 6.07) is 14.0. The van der Waals surface area contributed by atoms with E-state index in [-0.39, 0.29) is 35.5 Å². The van der Waals surface area contributed by atoms with E-state index in [1.54, 1.807) is 6.21 Å². The summed E-state index contributed by atoms with van der Waals surface area (Å²) in [6.07, 6.45) is 7.14. The fraction of sp³-hybridized carbons (Fsp3) is 0.320. The second-order valence-corrected chi connectivity index (χ2v) is 11.3. The molecule has 2 bridgehead atoms. The zero-order valence-corrected chi connectivity index (χ0v) is 21.3. The highest BCUT2D eigenvalue weighted by molar-refractivity contribution is 14.1. The molecule has 0 radical (unpaired) electrons. The SMILES string of the molecule is O=C1[C@@H]2[C@H]3C=C[C@@H]([C@@H]4C[C@H]34)[C@@H]2C(=O)N1/N=C\c1cc(I)c(OCc2ccccc2)c(I)c1. The zero-order chi connectivity index (χ0) is 22.0. The summed E-state index contributed by atoms with van der Waals surface area (Å²) in [5.41, 5.74) is 1.95. The summed E-state index contributed by atoms with van der Waals surface area (Å²) in [5, 5.41) is 5.49. The molecule has 2 aromatic carbocycles. The van der Waals surface area contributed by atoms with E-state index < -0.39 is 0 Å². The Balaban J connectivity index is 1.19. The highest BCUT2D eigenvalue weighted by Crippen LogP contribution is 2.65. The Hall–Kier alpha value is -1.75. The van der Waals surface area contributed by atoms with E-state index in [0.717, 1.165) is 35.4 Å². The van der Waals surface area contributed by atoms with Gasteiger partial charge in [-0.25, -0.2) is 0 Å². The number of hydrazone groups is 1. The van der Waals surface area contributed by atoms with Crippen molar-refractivity contribution in [3.05, 3.63) is 72.9 Å². The summed E-state index contributed by atoms with van der Waals surface area (Å²) in [7, 11) is 0. The molecule has 7 rings (SSSR count). The molecule has 32 heavy (non-hydrogen) atoms. The van der Waals surface area contributed by atoms with Crippen molar-refractivity contribution in [3.63, 3.8) is 0 Å². The van der Waals surface area contributed by atoms with Gasteiger partial charge in [-0.2, -0.15) is 10.1 Å². The van der Waals surface area contributed by atoms with Gasteiger partial charge in [0.25, 0.3) is 11.8 Å². The Labute approximate surface area is 213 Å². The van der Waals surface area contributed by atoms with Crippen LogP contribution in [0.5, 0.6) is 5.75 Å². The highest BCUT2D eigenvalue weighted by atomic mass is 127. The van der Waals surface area contributed by atoms with Gasteiger partial charge in [-0.05, 0) is 98.5 Å². The fourth-order valence-electron chi connectivity index (χ4n) is 5.70. The number of ether oxygens (including phenoxy) is 1. The predicted octanol–water partition coefficient (Wildman–Crippen LogP) is 4.86. The molecular weight excluding hydrogens is 630 g/mol. The number of nitrogens with zero attached hydrogens (tertiary/aromatic N) is 2. The van der Waals surface area contributed by atoms with E-state index in [1.807, 2.05) is 42.5 Å². The standard InChI is InChI=1S/C25H20I2N2O3/c26-19-8-14(9-20(27)23(19)32-12-13-4-2-1-3-5-13)11-28-29-24(30)21-15-6-7-16(18-10-17(15)18)22(21)25(29)31/h1-9,11,15-18,21-22H,10,12H2/b28-11-/t15-,16-,17-,18+,21-,22+/m0/s1. The molecule has 1 heterocycles. The van der Waals surface area contributed by atoms with Crippen LogP contribution in [0.2, 0.25) is 0 Å². The van der Waals surface area contributed by atoms with Crippen LogP contribution in [-0.2, 0) is 16.2 Å². The van der Waals surface area contributed by atoms with Gasteiger partial charge in [0.15, 0.2) is 0 Å². The largest absolute Gasteiger partial charge is 0.487 e. The molecule has 1 saturated heterocycles. The van der Waals surface area contributed by atoms with Gasteiger partial charge >= 0.3 is 0 Å². The van der Waals surface area contributed by atoms with Crippen LogP contribution in [0.15, 0.2) is 59.7 Å². The second-order valence-electron chi connectivity index (χ2n) is 8.98. The van der Waals surface area contributed by atoms with Crippen LogP contribution in [-0.4, -0.2) is 23.0 Å². The molecular formula is C25H20I2N2O3. The Kier molecular flexibility index (Phi) is 5.16. The number of rotatable bonds is 5. The molecule has 4 aliphatic carbocycles. The van der Waals surface area contributed by atoms with Crippen LogP contribution in [0, 0.1) is 42.6 Å². The van der Waals surface area contributed by atoms with Crippen molar-refractivity contribution in [1.82, 2.24) is 5.01 Å². The summed E-state index contributed by atoms with van der Waals surface area (Å²) in [5.74, 6) is 1.76. The first-order chi connectivity index (χ1) is 15.5. The number of amides is 2. The van der Waals surface area contributed by atoms with Gasteiger partial charge in [0.1, 0.15) is 12.4 Å². The van der Waals surface area contributed by atoms with Crippen LogP contribution in [0.25, 0.3) is 0 Å². The molecule has 0 spiro atoms. The minimum Gasteiger partial charge on any atom is -0.487 e. The maximum absolute atomic E-state index is 13.1. The first-order valence-electron chi connectivity index (χ1n) is 10.8. The number of carbonyl (C=O) groups is 2. The molecule has 2 aromatic rings. The number of benzene rings is 2. The van der Waals surface area contributed by atoms with Crippen molar-refractivity contribution >= 4 is 63.2 Å². The maximum atomic E-state index is 13.1. The Morgan fingerprint density at radius 2 is 1.56 bits per heavy atom. The van der Waals surface area contributed by atoms with Crippen LogP contribution in [0.1, 0.15) is 17.5 Å². The average Bonchev–Trinajstić information content (AvgIpc) is 3.57. The molecule has 1 aliphatic heterocycles. The number of hydrogen-bond acceptors (Lipinski definition) is 4. The molecule has 6 atom stereocenters. The topological polar surface area (TPSA) is 59.0 Å². The summed E-state index contributed by atoms with van der Waals surface area (Å²) < 4.78 is 7.96. The van der Waals surface area contributed by atoms with E-state index in [9.17, 15) is 9.59 Å². The van der Waals surface area contributed by atoms with Crippen LogP contribution < -0.4 is 4.74 Å². The molecule has 0 unspecified atom stereocenters. The van der Waals surface area contributed by atoms with Gasteiger partial charge in [-0.15, -0.1) is 0 Å². The number of carbonyl (C=O) groups excluding carboxylic acids is 2. The van der Waals surface area contributed by atoms with Crippen molar-refractivity contribution in [1.29, 1.82) is 0 Å². The van der Waals surface area contributed by atoms with Crippen molar-refractivity contribution in [2.24, 2.45) is 40.6 Å². The molecule has 3 fully saturated rings. The lowest BCUT2D eigenvalue weighted by atomic mass is 9.63. The maximum Gasteiger partial charge on any atom is 0.254 e. The van der Waals surface area contributed by atoms with E-state index in [1.165, 1.54) is 0 Å². The van der Waals surface area contributed by atoms with Crippen molar-refractivity contribution < 1.29 is 14.3 Å². The molecule has 7 heteroatoms. The third-order valence-electron chi connectivity index (χ3n) is 7.21. The molecule has 5 aliphatic rings. The number of hydrogen-bond donors (Lipinski definition) is 0. The molecule has 162 valence electrons. The minimum atomic E-state index is -0.215. The summed E-state index contributed by atoms with van der Waals surface area (Å²) in [4.78, 5) is 26.1. The quantitative estimate of drug-likeness (QED) is 0.201. The number of allylic oxidation sites excluding steroid dienone is 2. The smallest absolute Gasteiger partial charge is 0.254 e. The third-order valence-corrected chi connectivity index (χ3v) is 8.81. The normalized spacial score (nSPS) is 31.9. The number of imide groups is 1. The van der Waals surface area contributed by atoms with Crippen molar-refractivity contribution in [2.75, 3.05) is 0 Å². The van der Waals surface area contributed by atoms with E-state index in [0.29, 0.717) is 18.4 Å². The van der Waals surface area contributed by atoms with Gasteiger partial charge in [0, 0.05) is 0 Å². The van der Waals surface area contributed by atoms with Gasteiger partial charge in [-0.1, -0.05) is 42.5 Å². The molecule has 5 nitrogen and oxygen atoms in total. The zero-order valence-electron chi connectivity index (χ0n) is 17.0. The first-order valence-corrected chi connectivity index (χ1v) is 12.9. The van der Waals surface area contributed by atoms with E-state index in [4.69, 9.17) is 4.74 Å². The highest BCUT2D eigenvalue weighted by Gasteiger charge is 2.67. The Morgan fingerprint density at radius 1 is 0.969 bits per heavy atom.